The highest BCUT2D eigenvalue weighted by atomic mass is 16.6. The van der Waals surface area contributed by atoms with Gasteiger partial charge >= 0.3 is 12.1 Å². The molecular weight excluding hydrogens is 262 g/mol. The second-order valence-corrected chi connectivity index (χ2v) is 4.77. The van der Waals surface area contributed by atoms with E-state index in [4.69, 9.17) is 4.74 Å². The maximum absolute atomic E-state index is 11.8. The van der Waals surface area contributed by atoms with E-state index >= 15 is 0 Å². The molecule has 1 fully saturated rings. The Morgan fingerprint density at radius 3 is 2.90 bits per heavy atom. The largest absolute Gasteiger partial charge is 0.481 e. The minimum Gasteiger partial charge on any atom is -0.481 e. The Hall–Kier alpha value is -2.31. The summed E-state index contributed by atoms with van der Waals surface area (Å²) in [7, 11) is 1.77. The van der Waals surface area contributed by atoms with E-state index in [1.807, 2.05) is 0 Å². The van der Waals surface area contributed by atoms with Gasteiger partial charge in [-0.05, 0) is 5.56 Å². The minimum absolute atomic E-state index is 0.116. The smallest absolute Gasteiger partial charge is 0.410 e. The summed E-state index contributed by atoms with van der Waals surface area (Å²) in [6.45, 7) is 4.04. The van der Waals surface area contributed by atoms with Gasteiger partial charge in [0.25, 0.3) is 0 Å². The van der Waals surface area contributed by atoms with Crippen LogP contribution in [0.5, 0.6) is 0 Å². The third-order valence-electron chi connectivity index (χ3n) is 3.37. The highest BCUT2D eigenvalue weighted by molar-refractivity contribution is 5.75. The second-order valence-electron chi connectivity index (χ2n) is 4.77. The number of carbonyl (C=O) groups excluding carboxylic acids is 1. The highest BCUT2D eigenvalue weighted by Gasteiger charge is 2.41. The van der Waals surface area contributed by atoms with E-state index in [0.29, 0.717) is 6.54 Å². The summed E-state index contributed by atoms with van der Waals surface area (Å²) in [5.41, 5.74) is 0.818. The minimum atomic E-state index is -0.919. The lowest BCUT2D eigenvalue weighted by Crippen LogP contribution is -2.30. The molecule has 20 heavy (non-hydrogen) atoms. The Balaban J connectivity index is 2.13. The molecule has 0 bridgehead atoms. The predicted octanol–water partition coefficient (Wildman–Crippen LogP) is 0.843. The molecule has 0 spiro atoms. The zero-order valence-electron chi connectivity index (χ0n) is 11.2. The van der Waals surface area contributed by atoms with E-state index < -0.39 is 18.0 Å². The van der Waals surface area contributed by atoms with E-state index in [1.54, 1.807) is 24.1 Å². The van der Waals surface area contributed by atoms with Crippen molar-refractivity contribution in [1.82, 2.24) is 14.7 Å². The van der Waals surface area contributed by atoms with Gasteiger partial charge in [-0.1, -0.05) is 12.7 Å². The van der Waals surface area contributed by atoms with Gasteiger partial charge in [0, 0.05) is 32.3 Å². The Morgan fingerprint density at radius 1 is 1.60 bits per heavy atom. The van der Waals surface area contributed by atoms with Gasteiger partial charge in [-0.15, -0.1) is 0 Å². The number of carboxylic acids is 1. The normalized spacial score (nSPS) is 21.8. The lowest BCUT2D eigenvalue weighted by atomic mass is 9.91. The van der Waals surface area contributed by atoms with Crippen molar-refractivity contribution in [1.29, 1.82) is 0 Å². The third-order valence-corrected chi connectivity index (χ3v) is 3.37. The highest BCUT2D eigenvalue weighted by Crippen LogP contribution is 2.32. The molecule has 1 saturated heterocycles. The van der Waals surface area contributed by atoms with Gasteiger partial charge in [0.05, 0.1) is 12.1 Å². The van der Waals surface area contributed by atoms with E-state index in [2.05, 4.69) is 11.7 Å². The molecule has 1 amide bonds. The van der Waals surface area contributed by atoms with E-state index in [0.717, 1.165) is 5.56 Å². The molecule has 108 valence electrons. The molecule has 7 heteroatoms. The molecule has 2 rings (SSSR count). The molecule has 0 aliphatic carbocycles. The maximum atomic E-state index is 11.8. The van der Waals surface area contributed by atoms with Crippen LogP contribution in [0.1, 0.15) is 11.5 Å². The number of rotatable bonds is 4. The van der Waals surface area contributed by atoms with Gasteiger partial charge in [-0.2, -0.15) is 5.10 Å². The maximum Gasteiger partial charge on any atom is 0.410 e. The molecule has 0 saturated carbocycles. The van der Waals surface area contributed by atoms with Crippen LogP contribution in [0.4, 0.5) is 4.79 Å². The van der Waals surface area contributed by atoms with Crippen LogP contribution in [0.3, 0.4) is 0 Å². The van der Waals surface area contributed by atoms with Gasteiger partial charge in [-0.3, -0.25) is 9.48 Å². The lowest BCUT2D eigenvalue weighted by Gasteiger charge is -2.14. The van der Waals surface area contributed by atoms with Crippen LogP contribution >= 0.6 is 0 Å². The number of nitrogens with zero attached hydrogens (tertiary/aromatic N) is 3. The van der Waals surface area contributed by atoms with E-state index in [9.17, 15) is 14.7 Å². The zero-order chi connectivity index (χ0) is 14.7. The van der Waals surface area contributed by atoms with Gasteiger partial charge in [0.2, 0.25) is 0 Å². The number of aliphatic carboxylic acids is 1. The number of aryl methyl sites for hydroxylation is 1. The standard InChI is InChI=1S/C13H17N3O4/c1-3-4-20-13(19)16-7-10(11(8-16)12(17)18)9-5-14-15(2)6-9/h3,5-6,10-11H,1,4,7-8H2,2H3,(H,17,18)/t10-,11+/m0/s1. The number of likely N-dealkylation sites (tertiary alicyclic amines) is 1. The number of amides is 1. The first-order valence-electron chi connectivity index (χ1n) is 6.27. The number of ether oxygens (including phenoxy) is 1. The monoisotopic (exact) mass is 279 g/mol. The summed E-state index contributed by atoms with van der Waals surface area (Å²) >= 11 is 0. The Labute approximate surface area is 116 Å². The third kappa shape index (κ3) is 2.81. The Morgan fingerprint density at radius 2 is 2.35 bits per heavy atom. The van der Waals surface area contributed by atoms with Gasteiger partial charge in [0.1, 0.15) is 6.61 Å². The van der Waals surface area contributed by atoms with Gasteiger partial charge in [0.15, 0.2) is 0 Å². The van der Waals surface area contributed by atoms with Crippen LogP contribution in [0, 0.1) is 5.92 Å². The molecule has 2 atom stereocenters. The lowest BCUT2D eigenvalue weighted by molar-refractivity contribution is -0.141. The number of carboxylic acid groups (broad SMARTS) is 1. The van der Waals surface area contributed by atoms with Crippen molar-refractivity contribution in [3.8, 4) is 0 Å². The fourth-order valence-electron chi connectivity index (χ4n) is 2.39. The first-order valence-corrected chi connectivity index (χ1v) is 6.27. The van der Waals surface area contributed by atoms with Crippen LogP contribution in [0.25, 0.3) is 0 Å². The topological polar surface area (TPSA) is 84.7 Å². The van der Waals surface area contributed by atoms with Crippen LogP contribution in [0.15, 0.2) is 25.0 Å². The number of hydrogen-bond donors (Lipinski definition) is 1. The average molecular weight is 279 g/mol. The second kappa shape index (κ2) is 5.77. The van der Waals surface area contributed by atoms with E-state index in [1.165, 1.54) is 11.0 Å². The quantitative estimate of drug-likeness (QED) is 0.826. The summed E-state index contributed by atoms with van der Waals surface area (Å²) < 4.78 is 6.57. The number of hydrogen-bond acceptors (Lipinski definition) is 4. The molecule has 0 radical (unpaired) electrons. The number of aromatic nitrogens is 2. The average Bonchev–Trinajstić information content (AvgIpc) is 3.01. The summed E-state index contributed by atoms with van der Waals surface area (Å²) in [6, 6.07) is 0. The molecule has 7 nitrogen and oxygen atoms in total. The van der Waals surface area contributed by atoms with Crippen molar-refractivity contribution in [2.75, 3.05) is 19.7 Å². The van der Waals surface area contributed by atoms with Crippen molar-refractivity contribution in [2.24, 2.45) is 13.0 Å². The predicted molar refractivity (Wildman–Crippen MR) is 70.2 cm³/mol. The van der Waals surface area contributed by atoms with Gasteiger partial charge in [-0.25, -0.2) is 4.79 Å². The fourth-order valence-corrected chi connectivity index (χ4v) is 2.39. The van der Waals surface area contributed by atoms with E-state index in [-0.39, 0.29) is 19.1 Å². The van der Waals surface area contributed by atoms with Crippen molar-refractivity contribution >= 4 is 12.1 Å². The van der Waals surface area contributed by atoms with Crippen LogP contribution in [-0.4, -0.2) is 51.5 Å². The number of carbonyl (C=O) groups is 2. The summed E-state index contributed by atoms with van der Waals surface area (Å²) in [5, 5.41) is 13.4. The molecule has 1 aromatic heterocycles. The van der Waals surface area contributed by atoms with Crippen molar-refractivity contribution in [3.05, 3.63) is 30.6 Å². The van der Waals surface area contributed by atoms with Crippen LogP contribution in [0.2, 0.25) is 0 Å². The van der Waals surface area contributed by atoms with Crippen molar-refractivity contribution in [3.63, 3.8) is 0 Å². The van der Waals surface area contributed by atoms with Crippen molar-refractivity contribution < 1.29 is 19.4 Å². The molecule has 0 aromatic carbocycles. The van der Waals surface area contributed by atoms with Crippen molar-refractivity contribution in [2.45, 2.75) is 5.92 Å². The molecule has 0 unspecified atom stereocenters. The molecule has 1 aliphatic heterocycles. The molecule has 1 aromatic rings. The first-order chi connectivity index (χ1) is 9.52. The fraction of sp³-hybridized carbons (Fsp3) is 0.462. The summed E-state index contributed by atoms with van der Waals surface area (Å²) in [5.74, 6) is -1.83. The summed E-state index contributed by atoms with van der Waals surface area (Å²) in [6.07, 6.45) is 4.38. The van der Waals surface area contributed by atoms with Gasteiger partial charge < -0.3 is 14.7 Å². The molecule has 1 N–H and O–H groups in total. The van der Waals surface area contributed by atoms with Crippen LogP contribution < -0.4 is 0 Å². The first kappa shape index (κ1) is 14.1. The molecule has 2 heterocycles. The Bertz CT molecular complexity index is 525. The zero-order valence-corrected chi connectivity index (χ0v) is 11.2. The SMILES string of the molecule is C=CCOC(=O)N1C[C@@H](C(=O)O)[C@H](c2cnn(C)c2)C1. The summed E-state index contributed by atoms with van der Waals surface area (Å²) in [4.78, 5) is 24.6. The molecule has 1 aliphatic rings. The molecular formula is C13H17N3O4. The van der Waals surface area contributed by atoms with Crippen LogP contribution in [-0.2, 0) is 16.6 Å². The Kier molecular flexibility index (Phi) is 4.07.